The van der Waals surface area contributed by atoms with Crippen LogP contribution in [0.15, 0.2) is 24.3 Å². The molecule has 0 saturated heterocycles. The third-order valence-electron chi connectivity index (χ3n) is 2.96. The molecular formula is C16H27N3O2. The first-order valence-electron chi connectivity index (χ1n) is 7.41. The number of carbonyl (C=O) groups excluding carboxylic acids is 1. The van der Waals surface area contributed by atoms with Gasteiger partial charge in [-0.1, -0.05) is 12.1 Å². The van der Waals surface area contributed by atoms with Crippen molar-refractivity contribution in [2.75, 3.05) is 33.3 Å². The summed E-state index contributed by atoms with van der Waals surface area (Å²) in [5.74, 6) is 0.884. The van der Waals surface area contributed by atoms with E-state index in [2.05, 4.69) is 5.32 Å². The predicted octanol–water partition coefficient (Wildman–Crippen LogP) is 1.02. The lowest BCUT2D eigenvalue weighted by Gasteiger charge is -2.17. The van der Waals surface area contributed by atoms with Crippen LogP contribution < -0.4 is 15.8 Å². The SMILES string of the molecule is CC(C)NC(=O)CN(C)CCOc1ccc(CCN)cc1. The molecule has 0 radical (unpaired) electrons. The predicted molar refractivity (Wildman–Crippen MR) is 85.5 cm³/mol. The van der Waals surface area contributed by atoms with E-state index >= 15 is 0 Å². The van der Waals surface area contributed by atoms with Gasteiger partial charge in [0.25, 0.3) is 0 Å². The zero-order valence-electron chi connectivity index (χ0n) is 13.3. The Morgan fingerprint density at radius 2 is 2.00 bits per heavy atom. The maximum absolute atomic E-state index is 11.6. The maximum Gasteiger partial charge on any atom is 0.234 e. The molecule has 3 N–H and O–H groups in total. The van der Waals surface area contributed by atoms with Gasteiger partial charge in [0.1, 0.15) is 12.4 Å². The van der Waals surface area contributed by atoms with Crippen LogP contribution in [0.2, 0.25) is 0 Å². The zero-order valence-corrected chi connectivity index (χ0v) is 13.3. The number of ether oxygens (including phenoxy) is 1. The number of likely N-dealkylation sites (N-methyl/N-ethyl adjacent to an activating group) is 1. The molecule has 1 aromatic rings. The molecule has 0 fully saturated rings. The first kappa shape index (κ1) is 17.5. The lowest BCUT2D eigenvalue weighted by Crippen LogP contribution is -2.39. The molecule has 0 aliphatic rings. The highest BCUT2D eigenvalue weighted by Crippen LogP contribution is 2.12. The molecule has 0 atom stereocenters. The van der Waals surface area contributed by atoms with Crippen molar-refractivity contribution in [1.82, 2.24) is 10.2 Å². The van der Waals surface area contributed by atoms with Crippen molar-refractivity contribution in [1.29, 1.82) is 0 Å². The van der Waals surface area contributed by atoms with Crippen LogP contribution in [0.5, 0.6) is 5.75 Å². The summed E-state index contributed by atoms with van der Waals surface area (Å²) in [6, 6.07) is 8.14. The summed E-state index contributed by atoms with van der Waals surface area (Å²) in [4.78, 5) is 13.5. The Kier molecular flexibility index (Phi) is 7.79. The fraction of sp³-hybridized carbons (Fsp3) is 0.562. The van der Waals surface area contributed by atoms with Crippen molar-refractivity contribution in [3.63, 3.8) is 0 Å². The smallest absolute Gasteiger partial charge is 0.234 e. The second-order valence-corrected chi connectivity index (χ2v) is 5.49. The molecule has 0 aliphatic carbocycles. The molecule has 0 aromatic heterocycles. The fourth-order valence-corrected chi connectivity index (χ4v) is 1.93. The summed E-state index contributed by atoms with van der Waals surface area (Å²) in [6.07, 6.45) is 0.883. The largest absolute Gasteiger partial charge is 0.492 e. The first-order chi connectivity index (χ1) is 10.0. The number of nitrogens with zero attached hydrogens (tertiary/aromatic N) is 1. The highest BCUT2D eigenvalue weighted by molar-refractivity contribution is 5.78. The van der Waals surface area contributed by atoms with Gasteiger partial charge in [-0.15, -0.1) is 0 Å². The molecule has 1 aromatic carbocycles. The van der Waals surface area contributed by atoms with Crippen LogP contribution in [0, 0.1) is 0 Å². The number of hydrogen-bond donors (Lipinski definition) is 2. The Balaban J connectivity index is 2.24. The van der Waals surface area contributed by atoms with Crippen LogP contribution in [-0.4, -0.2) is 50.1 Å². The minimum atomic E-state index is 0.0404. The van der Waals surface area contributed by atoms with Gasteiger partial charge in [-0.25, -0.2) is 0 Å². The Hall–Kier alpha value is -1.59. The van der Waals surface area contributed by atoms with Crippen LogP contribution in [0.25, 0.3) is 0 Å². The number of nitrogens with two attached hydrogens (primary N) is 1. The molecule has 1 rings (SSSR count). The summed E-state index contributed by atoms with van der Waals surface area (Å²) in [7, 11) is 1.91. The van der Waals surface area contributed by atoms with Crippen molar-refractivity contribution in [2.45, 2.75) is 26.3 Å². The van der Waals surface area contributed by atoms with Crippen LogP contribution in [-0.2, 0) is 11.2 Å². The monoisotopic (exact) mass is 293 g/mol. The van der Waals surface area contributed by atoms with E-state index in [4.69, 9.17) is 10.5 Å². The number of amides is 1. The topological polar surface area (TPSA) is 67.6 Å². The minimum absolute atomic E-state index is 0.0404. The second kappa shape index (κ2) is 9.37. The van der Waals surface area contributed by atoms with Gasteiger partial charge in [0.05, 0.1) is 6.54 Å². The van der Waals surface area contributed by atoms with Crippen molar-refractivity contribution >= 4 is 5.91 Å². The van der Waals surface area contributed by atoms with Gasteiger partial charge in [-0.3, -0.25) is 9.69 Å². The van der Waals surface area contributed by atoms with Gasteiger partial charge in [-0.05, 0) is 51.6 Å². The highest BCUT2D eigenvalue weighted by Gasteiger charge is 2.07. The molecule has 0 bridgehead atoms. The molecule has 5 heteroatoms. The van der Waals surface area contributed by atoms with Gasteiger partial charge in [-0.2, -0.15) is 0 Å². The van der Waals surface area contributed by atoms with E-state index in [1.807, 2.05) is 50.1 Å². The molecule has 1 amide bonds. The zero-order chi connectivity index (χ0) is 15.7. The van der Waals surface area contributed by atoms with Gasteiger partial charge in [0.2, 0.25) is 5.91 Å². The number of benzene rings is 1. The minimum Gasteiger partial charge on any atom is -0.492 e. The average Bonchev–Trinajstić information content (AvgIpc) is 2.40. The lowest BCUT2D eigenvalue weighted by atomic mass is 10.1. The van der Waals surface area contributed by atoms with E-state index < -0.39 is 0 Å². The first-order valence-corrected chi connectivity index (χ1v) is 7.41. The molecule has 5 nitrogen and oxygen atoms in total. The van der Waals surface area contributed by atoms with Crippen molar-refractivity contribution in [2.24, 2.45) is 5.73 Å². The molecule has 0 heterocycles. The van der Waals surface area contributed by atoms with E-state index in [1.54, 1.807) is 0 Å². The van der Waals surface area contributed by atoms with Gasteiger partial charge >= 0.3 is 0 Å². The Morgan fingerprint density at radius 1 is 1.33 bits per heavy atom. The Morgan fingerprint density at radius 3 is 2.57 bits per heavy atom. The van der Waals surface area contributed by atoms with Gasteiger partial charge in [0.15, 0.2) is 0 Å². The molecule has 0 aliphatic heterocycles. The summed E-state index contributed by atoms with van der Waals surface area (Å²) in [6.45, 7) is 6.21. The molecular weight excluding hydrogens is 266 g/mol. The molecule has 21 heavy (non-hydrogen) atoms. The van der Waals surface area contributed by atoms with E-state index in [0.29, 0.717) is 26.2 Å². The highest BCUT2D eigenvalue weighted by atomic mass is 16.5. The van der Waals surface area contributed by atoms with E-state index in [9.17, 15) is 4.79 Å². The Bertz CT molecular complexity index is 418. The van der Waals surface area contributed by atoms with Crippen molar-refractivity contribution in [3.8, 4) is 5.75 Å². The number of rotatable bonds is 9. The Labute approximate surface area is 127 Å². The summed E-state index contributed by atoms with van der Waals surface area (Å²) >= 11 is 0. The molecule has 0 saturated carbocycles. The maximum atomic E-state index is 11.6. The van der Waals surface area contributed by atoms with E-state index in [1.165, 1.54) is 5.56 Å². The van der Waals surface area contributed by atoms with Crippen LogP contribution in [0.1, 0.15) is 19.4 Å². The summed E-state index contributed by atoms with van der Waals surface area (Å²) in [5.41, 5.74) is 6.73. The van der Waals surface area contributed by atoms with Gasteiger partial charge < -0.3 is 15.8 Å². The van der Waals surface area contributed by atoms with Gasteiger partial charge in [0, 0.05) is 12.6 Å². The van der Waals surface area contributed by atoms with Crippen LogP contribution in [0.3, 0.4) is 0 Å². The normalized spacial score (nSPS) is 11.0. The van der Waals surface area contributed by atoms with Crippen LogP contribution in [0.4, 0.5) is 0 Å². The average molecular weight is 293 g/mol. The van der Waals surface area contributed by atoms with Crippen LogP contribution >= 0.6 is 0 Å². The molecule has 0 spiro atoms. The molecule has 0 unspecified atom stereocenters. The second-order valence-electron chi connectivity index (χ2n) is 5.49. The molecule has 118 valence electrons. The summed E-state index contributed by atoms with van der Waals surface area (Å²) < 4.78 is 5.67. The third-order valence-corrected chi connectivity index (χ3v) is 2.96. The van der Waals surface area contributed by atoms with Crippen molar-refractivity contribution in [3.05, 3.63) is 29.8 Å². The standard InChI is InChI=1S/C16H27N3O2/c1-13(2)18-16(20)12-19(3)10-11-21-15-6-4-14(5-7-15)8-9-17/h4-7,13H,8-12,17H2,1-3H3,(H,18,20). The number of carbonyl (C=O) groups is 1. The van der Waals surface area contributed by atoms with Crippen molar-refractivity contribution < 1.29 is 9.53 Å². The van der Waals surface area contributed by atoms with E-state index in [0.717, 1.165) is 12.2 Å². The summed E-state index contributed by atoms with van der Waals surface area (Å²) in [5, 5.41) is 2.87. The third kappa shape index (κ3) is 7.68. The number of hydrogen-bond acceptors (Lipinski definition) is 4. The fourth-order valence-electron chi connectivity index (χ4n) is 1.93. The number of nitrogens with one attached hydrogen (secondary N) is 1. The van der Waals surface area contributed by atoms with E-state index in [-0.39, 0.29) is 11.9 Å². The lowest BCUT2D eigenvalue weighted by molar-refractivity contribution is -0.122. The quantitative estimate of drug-likeness (QED) is 0.713.